The molecule has 104 valence electrons. The summed E-state index contributed by atoms with van der Waals surface area (Å²) in [5, 5.41) is 9.52. The molecule has 1 aromatic carbocycles. The zero-order chi connectivity index (χ0) is 13.9. The minimum absolute atomic E-state index is 0.506. The molecule has 0 spiro atoms. The van der Waals surface area contributed by atoms with Crippen molar-refractivity contribution in [1.29, 1.82) is 0 Å². The molecule has 3 rings (SSSR count). The molecule has 0 amide bonds. The highest BCUT2D eigenvalue weighted by molar-refractivity contribution is 5.47. The van der Waals surface area contributed by atoms with Crippen LogP contribution >= 0.6 is 0 Å². The highest BCUT2D eigenvalue weighted by Crippen LogP contribution is 2.24. The van der Waals surface area contributed by atoms with Gasteiger partial charge in [0.1, 0.15) is 0 Å². The Balaban J connectivity index is 1.84. The van der Waals surface area contributed by atoms with Gasteiger partial charge in [-0.15, -0.1) is 0 Å². The first kappa shape index (κ1) is 13.1. The second-order valence-electron chi connectivity index (χ2n) is 5.41. The number of rotatable bonds is 2. The maximum absolute atomic E-state index is 9.52. The molecule has 2 aromatic rings. The number of hydrogen-bond donors (Lipinski definition) is 1. The molecule has 3 heteroatoms. The van der Waals surface area contributed by atoms with E-state index in [1.807, 2.05) is 12.3 Å². The fourth-order valence-electron chi connectivity index (χ4n) is 2.75. The molecule has 0 saturated heterocycles. The summed E-state index contributed by atoms with van der Waals surface area (Å²) in [5.74, 6) is 0. The monoisotopic (exact) mass is 268 g/mol. The molecule has 2 heterocycles. The van der Waals surface area contributed by atoms with Crippen LogP contribution in [0.5, 0.6) is 0 Å². The zero-order valence-electron chi connectivity index (χ0n) is 11.8. The molecule has 0 fully saturated rings. The predicted molar refractivity (Wildman–Crippen MR) is 80.7 cm³/mol. The Labute approximate surface area is 119 Å². The summed E-state index contributed by atoms with van der Waals surface area (Å²) in [7, 11) is 0. The van der Waals surface area contributed by atoms with Crippen molar-refractivity contribution < 1.29 is 5.11 Å². The molecule has 3 nitrogen and oxygen atoms in total. The summed E-state index contributed by atoms with van der Waals surface area (Å²) in [6.07, 6.45) is 3.67. The van der Waals surface area contributed by atoms with Crippen LogP contribution in [0.1, 0.15) is 36.3 Å². The molecule has 1 aromatic heterocycles. The summed E-state index contributed by atoms with van der Waals surface area (Å²) in [4.78, 5) is 6.71. The van der Waals surface area contributed by atoms with Crippen molar-refractivity contribution >= 4 is 5.69 Å². The van der Waals surface area contributed by atoms with Gasteiger partial charge in [-0.05, 0) is 43.0 Å². The first-order valence-corrected chi connectivity index (χ1v) is 7.20. The van der Waals surface area contributed by atoms with Crippen LogP contribution in [0.4, 0.5) is 5.69 Å². The van der Waals surface area contributed by atoms with E-state index < -0.39 is 6.10 Å². The van der Waals surface area contributed by atoms with Gasteiger partial charge in [0, 0.05) is 13.1 Å². The van der Waals surface area contributed by atoms with Gasteiger partial charge in [0.25, 0.3) is 0 Å². The van der Waals surface area contributed by atoms with Gasteiger partial charge in [-0.3, -0.25) is 4.98 Å². The summed E-state index contributed by atoms with van der Waals surface area (Å²) < 4.78 is 0. The van der Waals surface area contributed by atoms with Gasteiger partial charge in [-0.25, -0.2) is 0 Å². The Hall–Kier alpha value is -1.87. The number of aliphatic hydroxyl groups excluding tert-OH is 1. The summed E-state index contributed by atoms with van der Waals surface area (Å²) in [5.41, 5.74) is 4.73. The van der Waals surface area contributed by atoms with Crippen LogP contribution in [0.15, 0.2) is 42.6 Å². The molecule has 0 unspecified atom stereocenters. The molecule has 1 aliphatic heterocycles. The van der Waals surface area contributed by atoms with Crippen LogP contribution in [0.2, 0.25) is 0 Å². The van der Waals surface area contributed by atoms with E-state index in [0.717, 1.165) is 37.3 Å². The quantitative estimate of drug-likeness (QED) is 0.909. The predicted octanol–water partition coefficient (Wildman–Crippen LogP) is 3.09. The SMILES string of the molecule is C[C@@H](O)c1ccc(N2CCCc3ccccc3C2)cn1. The highest BCUT2D eigenvalue weighted by atomic mass is 16.3. The first-order chi connectivity index (χ1) is 9.74. The maximum atomic E-state index is 9.52. The highest BCUT2D eigenvalue weighted by Gasteiger charge is 2.15. The topological polar surface area (TPSA) is 36.4 Å². The Morgan fingerprint density at radius 3 is 2.65 bits per heavy atom. The van der Waals surface area contributed by atoms with E-state index in [-0.39, 0.29) is 0 Å². The van der Waals surface area contributed by atoms with E-state index in [2.05, 4.69) is 40.2 Å². The second kappa shape index (κ2) is 5.63. The van der Waals surface area contributed by atoms with Crippen molar-refractivity contribution in [2.45, 2.75) is 32.4 Å². The van der Waals surface area contributed by atoms with Gasteiger partial charge < -0.3 is 10.0 Å². The average molecular weight is 268 g/mol. The van der Waals surface area contributed by atoms with Crippen molar-refractivity contribution in [2.24, 2.45) is 0 Å². The molecule has 1 N–H and O–H groups in total. The van der Waals surface area contributed by atoms with E-state index in [0.29, 0.717) is 0 Å². The molecule has 0 saturated carbocycles. The Bertz CT molecular complexity index is 578. The zero-order valence-corrected chi connectivity index (χ0v) is 11.8. The van der Waals surface area contributed by atoms with Crippen molar-refractivity contribution in [1.82, 2.24) is 4.98 Å². The molecule has 0 bridgehead atoms. The Morgan fingerprint density at radius 2 is 1.95 bits per heavy atom. The standard InChI is InChI=1S/C17H20N2O/c1-13(20)17-9-8-16(11-18-17)19-10-4-7-14-5-2-3-6-15(14)12-19/h2-3,5-6,8-9,11,13,20H,4,7,10,12H2,1H3/t13-/m1/s1. The number of pyridine rings is 1. The average Bonchev–Trinajstić information content (AvgIpc) is 2.69. The fraction of sp³-hybridized carbons (Fsp3) is 0.353. The lowest BCUT2D eigenvalue weighted by molar-refractivity contribution is 0.194. The number of hydrogen-bond acceptors (Lipinski definition) is 3. The van der Waals surface area contributed by atoms with Crippen molar-refractivity contribution in [3.63, 3.8) is 0 Å². The molecular weight excluding hydrogens is 248 g/mol. The van der Waals surface area contributed by atoms with Crippen LogP contribution in [0.25, 0.3) is 0 Å². The van der Waals surface area contributed by atoms with Crippen LogP contribution in [-0.2, 0) is 13.0 Å². The summed E-state index contributed by atoms with van der Waals surface area (Å²) >= 11 is 0. The second-order valence-corrected chi connectivity index (χ2v) is 5.41. The van der Waals surface area contributed by atoms with E-state index >= 15 is 0 Å². The normalized spacial score (nSPS) is 16.4. The Kier molecular flexibility index (Phi) is 3.70. The Morgan fingerprint density at radius 1 is 1.15 bits per heavy atom. The van der Waals surface area contributed by atoms with Crippen molar-refractivity contribution in [3.05, 3.63) is 59.4 Å². The van der Waals surface area contributed by atoms with Crippen LogP contribution in [0.3, 0.4) is 0 Å². The van der Waals surface area contributed by atoms with Gasteiger partial charge in [-0.1, -0.05) is 24.3 Å². The third-order valence-corrected chi connectivity index (χ3v) is 3.92. The minimum atomic E-state index is -0.506. The number of benzene rings is 1. The van der Waals surface area contributed by atoms with Gasteiger partial charge in [0.2, 0.25) is 0 Å². The number of aryl methyl sites for hydroxylation is 1. The van der Waals surface area contributed by atoms with Crippen molar-refractivity contribution in [2.75, 3.05) is 11.4 Å². The van der Waals surface area contributed by atoms with Crippen LogP contribution < -0.4 is 4.90 Å². The third-order valence-electron chi connectivity index (χ3n) is 3.92. The smallest absolute Gasteiger partial charge is 0.0931 e. The summed E-state index contributed by atoms with van der Waals surface area (Å²) in [6, 6.07) is 12.6. The third kappa shape index (κ3) is 2.68. The van der Waals surface area contributed by atoms with Gasteiger partial charge in [-0.2, -0.15) is 0 Å². The van der Waals surface area contributed by atoms with Crippen molar-refractivity contribution in [3.8, 4) is 0 Å². The van der Waals surface area contributed by atoms with Gasteiger partial charge in [0.05, 0.1) is 23.7 Å². The number of aromatic nitrogens is 1. The minimum Gasteiger partial charge on any atom is -0.387 e. The molecular formula is C17H20N2O. The lowest BCUT2D eigenvalue weighted by atomic mass is 10.0. The van der Waals surface area contributed by atoms with E-state index in [1.165, 1.54) is 11.1 Å². The van der Waals surface area contributed by atoms with E-state index in [9.17, 15) is 5.11 Å². The van der Waals surface area contributed by atoms with Crippen LogP contribution in [-0.4, -0.2) is 16.6 Å². The number of anilines is 1. The lowest BCUT2D eigenvalue weighted by Crippen LogP contribution is -2.22. The lowest BCUT2D eigenvalue weighted by Gasteiger charge is -2.23. The number of fused-ring (bicyclic) bond motifs is 1. The molecule has 20 heavy (non-hydrogen) atoms. The fourth-order valence-corrected chi connectivity index (χ4v) is 2.75. The summed E-state index contributed by atoms with van der Waals surface area (Å²) in [6.45, 7) is 3.72. The maximum Gasteiger partial charge on any atom is 0.0931 e. The van der Waals surface area contributed by atoms with E-state index in [1.54, 1.807) is 6.92 Å². The number of nitrogens with zero attached hydrogens (tertiary/aromatic N) is 2. The first-order valence-electron chi connectivity index (χ1n) is 7.20. The molecule has 1 aliphatic rings. The van der Waals surface area contributed by atoms with Gasteiger partial charge in [0.15, 0.2) is 0 Å². The largest absolute Gasteiger partial charge is 0.387 e. The molecule has 0 aliphatic carbocycles. The molecule has 1 atom stereocenters. The van der Waals surface area contributed by atoms with Crippen LogP contribution in [0, 0.1) is 0 Å². The van der Waals surface area contributed by atoms with Gasteiger partial charge >= 0.3 is 0 Å². The molecule has 0 radical (unpaired) electrons. The van der Waals surface area contributed by atoms with E-state index in [4.69, 9.17) is 0 Å². The number of aliphatic hydroxyl groups is 1.